The van der Waals surface area contributed by atoms with Crippen LogP contribution < -0.4 is 9.64 Å². The number of hydrogen-bond donors (Lipinski definition) is 1. The van der Waals surface area contributed by atoms with Gasteiger partial charge < -0.3 is 4.74 Å². The second kappa shape index (κ2) is 5.37. The summed E-state index contributed by atoms with van der Waals surface area (Å²) in [4.78, 5) is 25.9. The van der Waals surface area contributed by atoms with E-state index in [0.29, 0.717) is 17.9 Å². The number of amides is 3. The standard InChI is InChI=1S/C15H18N2O4/c1-21-11-8-6-10(7-9-11)16-13-5-3-2-4-12(13)14(18)17(20)15(16)19/h6-9,12-13,20H,2-5H2,1H3. The van der Waals surface area contributed by atoms with E-state index in [0.717, 1.165) is 19.3 Å². The molecule has 0 bridgehead atoms. The molecule has 0 aromatic heterocycles. The first-order valence-corrected chi connectivity index (χ1v) is 7.13. The minimum Gasteiger partial charge on any atom is -0.497 e. The van der Waals surface area contributed by atoms with Crippen LogP contribution in [0.1, 0.15) is 25.7 Å². The third-order valence-electron chi connectivity index (χ3n) is 4.32. The van der Waals surface area contributed by atoms with Crippen LogP contribution in [0.5, 0.6) is 5.75 Å². The second-order valence-electron chi connectivity index (χ2n) is 5.46. The highest BCUT2D eigenvalue weighted by Crippen LogP contribution is 2.37. The lowest BCUT2D eigenvalue weighted by atomic mass is 9.81. The average Bonchev–Trinajstić information content (AvgIpc) is 2.53. The molecule has 2 fully saturated rings. The fourth-order valence-electron chi connectivity index (χ4n) is 3.25. The zero-order valence-corrected chi connectivity index (χ0v) is 11.9. The van der Waals surface area contributed by atoms with Gasteiger partial charge in [0.15, 0.2) is 0 Å². The molecule has 2 atom stereocenters. The molecule has 6 heteroatoms. The summed E-state index contributed by atoms with van der Waals surface area (Å²) in [5.41, 5.74) is 0.671. The third-order valence-corrected chi connectivity index (χ3v) is 4.32. The maximum Gasteiger partial charge on any atom is 0.355 e. The van der Waals surface area contributed by atoms with E-state index in [9.17, 15) is 14.8 Å². The van der Waals surface area contributed by atoms with Crippen LogP contribution in [0.3, 0.4) is 0 Å². The predicted octanol–water partition coefficient (Wildman–Crippen LogP) is 2.41. The Bertz CT molecular complexity index is 557. The molecule has 1 aromatic rings. The molecule has 2 unspecified atom stereocenters. The number of imide groups is 1. The van der Waals surface area contributed by atoms with Crippen LogP contribution in [0, 0.1) is 5.92 Å². The molecule has 3 amide bonds. The first kappa shape index (κ1) is 13.9. The Morgan fingerprint density at radius 2 is 1.81 bits per heavy atom. The van der Waals surface area contributed by atoms with Crippen LogP contribution in [0.2, 0.25) is 0 Å². The quantitative estimate of drug-likeness (QED) is 0.849. The lowest BCUT2D eigenvalue weighted by Gasteiger charge is -2.44. The van der Waals surface area contributed by atoms with Crippen LogP contribution in [-0.4, -0.2) is 35.4 Å². The molecule has 112 valence electrons. The topological polar surface area (TPSA) is 70.1 Å². The number of carbonyl (C=O) groups is 2. The summed E-state index contributed by atoms with van der Waals surface area (Å²) in [6.07, 6.45) is 3.42. The summed E-state index contributed by atoms with van der Waals surface area (Å²) in [6.45, 7) is 0. The van der Waals surface area contributed by atoms with Gasteiger partial charge in [0, 0.05) is 5.69 Å². The molecule has 1 aromatic carbocycles. The molecule has 1 saturated carbocycles. The number of carbonyl (C=O) groups excluding carboxylic acids is 2. The van der Waals surface area contributed by atoms with Gasteiger partial charge >= 0.3 is 6.03 Å². The van der Waals surface area contributed by atoms with E-state index in [-0.39, 0.29) is 17.0 Å². The maximum atomic E-state index is 12.3. The van der Waals surface area contributed by atoms with Crippen molar-refractivity contribution >= 4 is 17.6 Å². The molecule has 1 saturated heterocycles. The Morgan fingerprint density at radius 3 is 2.48 bits per heavy atom. The summed E-state index contributed by atoms with van der Waals surface area (Å²) in [6, 6.07) is 6.22. The van der Waals surface area contributed by atoms with E-state index >= 15 is 0 Å². The molecule has 1 N–H and O–H groups in total. The van der Waals surface area contributed by atoms with Gasteiger partial charge in [0.05, 0.1) is 19.1 Å². The van der Waals surface area contributed by atoms with E-state index in [1.54, 1.807) is 31.4 Å². The van der Waals surface area contributed by atoms with Crippen molar-refractivity contribution < 1.29 is 19.5 Å². The van der Waals surface area contributed by atoms with Crippen LogP contribution in [0.4, 0.5) is 10.5 Å². The van der Waals surface area contributed by atoms with Gasteiger partial charge in [0.25, 0.3) is 5.91 Å². The number of hydrogen-bond acceptors (Lipinski definition) is 4. The van der Waals surface area contributed by atoms with E-state index in [1.807, 2.05) is 0 Å². The number of methoxy groups -OCH3 is 1. The smallest absolute Gasteiger partial charge is 0.355 e. The van der Waals surface area contributed by atoms with Crippen LogP contribution >= 0.6 is 0 Å². The minimum absolute atomic E-state index is 0.171. The molecule has 6 nitrogen and oxygen atoms in total. The first-order valence-electron chi connectivity index (χ1n) is 7.13. The van der Waals surface area contributed by atoms with Crippen molar-refractivity contribution in [3.05, 3.63) is 24.3 Å². The van der Waals surface area contributed by atoms with Gasteiger partial charge in [0.1, 0.15) is 5.75 Å². The lowest BCUT2D eigenvalue weighted by molar-refractivity contribution is -0.162. The Hall–Kier alpha value is -2.08. The molecule has 1 heterocycles. The van der Waals surface area contributed by atoms with E-state index in [4.69, 9.17) is 4.74 Å². The fraction of sp³-hybridized carbons (Fsp3) is 0.467. The lowest BCUT2D eigenvalue weighted by Crippen LogP contribution is -2.61. The number of nitrogens with zero attached hydrogens (tertiary/aromatic N) is 2. The van der Waals surface area contributed by atoms with E-state index in [2.05, 4.69) is 0 Å². The molecule has 1 aliphatic heterocycles. The van der Waals surface area contributed by atoms with E-state index < -0.39 is 11.9 Å². The molecular formula is C15H18N2O4. The normalized spacial score (nSPS) is 25.8. The summed E-state index contributed by atoms with van der Waals surface area (Å²) < 4.78 is 5.11. The maximum absolute atomic E-state index is 12.3. The molecule has 0 radical (unpaired) electrons. The number of urea groups is 1. The number of fused-ring (bicyclic) bond motifs is 1. The number of hydroxylamine groups is 2. The highest BCUT2D eigenvalue weighted by molar-refractivity contribution is 6.06. The van der Waals surface area contributed by atoms with Crippen LogP contribution in [0.25, 0.3) is 0 Å². The zero-order valence-electron chi connectivity index (χ0n) is 11.9. The Kier molecular flexibility index (Phi) is 3.55. The summed E-state index contributed by atoms with van der Waals surface area (Å²) >= 11 is 0. The minimum atomic E-state index is -0.673. The second-order valence-corrected chi connectivity index (χ2v) is 5.46. The Labute approximate surface area is 122 Å². The van der Waals surface area contributed by atoms with Crippen molar-refractivity contribution in [1.82, 2.24) is 5.06 Å². The van der Waals surface area contributed by atoms with Crippen molar-refractivity contribution in [2.24, 2.45) is 5.92 Å². The van der Waals surface area contributed by atoms with Gasteiger partial charge in [-0.2, -0.15) is 0 Å². The largest absolute Gasteiger partial charge is 0.497 e. The SMILES string of the molecule is COc1ccc(N2C(=O)N(O)C(=O)C3CCCCC32)cc1. The number of anilines is 1. The van der Waals surface area contributed by atoms with Gasteiger partial charge in [-0.05, 0) is 37.1 Å². The molecular weight excluding hydrogens is 272 g/mol. The summed E-state index contributed by atoms with van der Waals surface area (Å²) in [5, 5.41) is 10.0. The fourth-order valence-corrected chi connectivity index (χ4v) is 3.25. The monoisotopic (exact) mass is 290 g/mol. The first-order chi connectivity index (χ1) is 10.1. The Morgan fingerprint density at radius 1 is 1.14 bits per heavy atom. The van der Waals surface area contributed by atoms with Crippen molar-refractivity contribution in [3.8, 4) is 5.75 Å². The third kappa shape index (κ3) is 2.25. The van der Waals surface area contributed by atoms with Gasteiger partial charge in [0.2, 0.25) is 0 Å². The van der Waals surface area contributed by atoms with Crippen LogP contribution in [0.15, 0.2) is 24.3 Å². The van der Waals surface area contributed by atoms with Gasteiger partial charge in [-0.25, -0.2) is 4.79 Å². The molecule has 2 aliphatic rings. The number of benzene rings is 1. The highest BCUT2D eigenvalue weighted by atomic mass is 16.5. The predicted molar refractivity (Wildman–Crippen MR) is 75.2 cm³/mol. The number of rotatable bonds is 2. The van der Waals surface area contributed by atoms with Gasteiger partial charge in [-0.1, -0.05) is 12.8 Å². The van der Waals surface area contributed by atoms with Gasteiger partial charge in [-0.15, -0.1) is 5.06 Å². The highest BCUT2D eigenvalue weighted by Gasteiger charge is 2.47. The van der Waals surface area contributed by atoms with Crippen molar-refractivity contribution in [1.29, 1.82) is 0 Å². The van der Waals surface area contributed by atoms with Crippen molar-refractivity contribution in [3.63, 3.8) is 0 Å². The van der Waals surface area contributed by atoms with Crippen molar-refractivity contribution in [2.75, 3.05) is 12.0 Å². The van der Waals surface area contributed by atoms with Crippen molar-refractivity contribution in [2.45, 2.75) is 31.7 Å². The number of ether oxygens (including phenoxy) is 1. The molecule has 21 heavy (non-hydrogen) atoms. The molecule has 1 aliphatic carbocycles. The Balaban J connectivity index is 1.96. The van der Waals surface area contributed by atoms with Crippen LogP contribution in [-0.2, 0) is 4.79 Å². The zero-order chi connectivity index (χ0) is 15.0. The molecule has 3 rings (SSSR count). The summed E-state index contributed by atoms with van der Waals surface area (Å²) in [7, 11) is 1.58. The average molecular weight is 290 g/mol. The summed E-state index contributed by atoms with van der Waals surface area (Å²) in [5.74, 6) is -0.0988. The molecule has 0 spiro atoms. The van der Waals surface area contributed by atoms with Gasteiger partial charge in [-0.3, -0.25) is 14.9 Å². The van der Waals surface area contributed by atoms with E-state index in [1.165, 1.54) is 4.90 Å².